The van der Waals surface area contributed by atoms with Gasteiger partial charge in [0.25, 0.3) is 5.69 Å². The molecule has 0 aromatic heterocycles. The van der Waals surface area contributed by atoms with Crippen LogP contribution in [0.25, 0.3) is 0 Å². The number of unbranched alkanes of at least 4 members (excludes halogenated alkanes) is 1. The lowest BCUT2D eigenvalue weighted by Gasteiger charge is -2.07. The number of carbonyl (C=O) groups excluding carboxylic acids is 2. The van der Waals surface area contributed by atoms with E-state index in [0.29, 0.717) is 45.5 Å². The van der Waals surface area contributed by atoms with Crippen LogP contribution >= 0.6 is 0 Å². The second-order valence-electron chi connectivity index (χ2n) is 11.0. The molecule has 0 amide bonds. The number of hydrogen-bond acceptors (Lipinski definition) is 9. The summed E-state index contributed by atoms with van der Waals surface area (Å²) in [5.41, 5.74) is 9.92. The minimum absolute atomic E-state index is 0.00320. The van der Waals surface area contributed by atoms with E-state index in [4.69, 9.17) is 24.7 Å². The van der Waals surface area contributed by atoms with Crippen molar-refractivity contribution in [1.82, 2.24) is 0 Å². The summed E-state index contributed by atoms with van der Waals surface area (Å²) in [6.07, 6.45) is 3.36. The van der Waals surface area contributed by atoms with Crippen LogP contribution in [0.4, 0.5) is 11.4 Å². The van der Waals surface area contributed by atoms with Gasteiger partial charge in [0, 0.05) is 34.5 Å². The van der Waals surface area contributed by atoms with Gasteiger partial charge in [-0.3, -0.25) is 19.7 Å². The lowest BCUT2D eigenvalue weighted by Crippen LogP contribution is -2.06. The van der Waals surface area contributed by atoms with Gasteiger partial charge in [0.15, 0.2) is 34.6 Å². The molecule has 4 aromatic carbocycles. The number of benzene rings is 4. The van der Waals surface area contributed by atoms with Gasteiger partial charge in [-0.25, -0.2) is 0 Å². The molecule has 45 heavy (non-hydrogen) atoms. The van der Waals surface area contributed by atoms with E-state index >= 15 is 0 Å². The Morgan fingerprint density at radius 3 is 1.80 bits per heavy atom. The molecule has 0 fully saturated rings. The van der Waals surface area contributed by atoms with Gasteiger partial charge in [0.1, 0.15) is 5.56 Å². The zero-order valence-corrected chi connectivity index (χ0v) is 25.3. The topological polar surface area (TPSA) is 140 Å². The van der Waals surface area contributed by atoms with Crippen molar-refractivity contribution in [2.75, 3.05) is 19.3 Å². The Bertz CT molecular complexity index is 1730. The number of hydrogen-bond donors (Lipinski definition) is 1. The molecule has 0 spiro atoms. The fraction of sp³-hybridized carbons (Fsp3) is 0.257. The maximum atomic E-state index is 12.7. The molecule has 0 saturated carbocycles. The monoisotopic (exact) mass is 610 g/mol. The minimum atomic E-state index is -0.586. The molecule has 232 valence electrons. The van der Waals surface area contributed by atoms with E-state index in [2.05, 4.69) is 20.8 Å². The smallest absolute Gasteiger partial charge is 0.284 e. The van der Waals surface area contributed by atoms with Crippen LogP contribution in [0.5, 0.6) is 23.0 Å². The quantitative estimate of drug-likeness (QED) is 0.0898. The maximum Gasteiger partial charge on any atom is 0.284 e. The first kappa shape index (κ1) is 31.1. The minimum Gasteiger partial charge on any atom is -0.454 e. The zero-order valence-electron chi connectivity index (χ0n) is 25.3. The average molecular weight is 611 g/mol. The summed E-state index contributed by atoms with van der Waals surface area (Å²) in [4.78, 5) is 35.9. The standard InChI is InChI=1S/C18H19NO3.C17H15NO5/c1-2-3-4-12-5-7-13(8-6-12)18(20)14-9-16-17(10-15(14)19)22-11-21-16;1-10(2)11-3-5-12(6-4-11)17(19)13-7-15-16(23-9-22-15)8-14(13)18(20)21/h5-10H,2-4,11,19H2,1H3;3-8,10H,9H2,1-2H3. The van der Waals surface area contributed by atoms with Crippen molar-refractivity contribution in [2.24, 2.45) is 0 Å². The number of carbonyl (C=O) groups is 2. The molecule has 0 radical (unpaired) electrons. The highest BCUT2D eigenvalue weighted by Gasteiger charge is 2.28. The van der Waals surface area contributed by atoms with E-state index < -0.39 is 10.7 Å². The van der Waals surface area contributed by atoms with Gasteiger partial charge in [0.2, 0.25) is 13.6 Å². The third kappa shape index (κ3) is 6.90. The first-order valence-electron chi connectivity index (χ1n) is 14.7. The van der Waals surface area contributed by atoms with Crippen LogP contribution in [0.3, 0.4) is 0 Å². The van der Waals surface area contributed by atoms with Gasteiger partial charge in [0.05, 0.1) is 11.0 Å². The number of rotatable bonds is 9. The second-order valence-corrected chi connectivity index (χ2v) is 11.0. The molecular weight excluding hydrogens is 576 g/mol. The molecule has 2 aliphatic heterocycles. The highest BCUT2D eigenvalue weighted by molar-refractivity contribution is 6.13. The van der Waals surface area contributed by atoms with Crippen molar-refractivity contribution < 1.29 is 33.5 Å². The molecule has 6 rings (SSSR count). The van der Waals surface area contributed by atoms with Crippen molar-refractivity contribution in [3.05, 3.63) is 116 Å². The Balaban J connectivity index is 0.000000178. The lowest BCUT2D eigenvalue weighted by atomic mass is 9.97. The van der Waals surface area contributed by atoms with E-state index in [9.17, 15) is 19.7 Å². The van der Waals surface area contributed by atoms with Crippen LogP contribution in [0.2, 0.25) is 0 Å². The van der Waals surface area contributed by atoms with Gasteiger partial charge in [-0.2, -0.15) is 0 Å². The molecule has 0 unspecified atom stereocenters. The number of nitrogens with zero attached hydrogens (tertiary/aromatic N) is 1. The molecule has 2 aliphatic rings. The Morgan fingerprint density at radius 1 is 0.778 bits per heavy atom. The number of nitro benzene ring substituents is 1. The second kappa shape index (κ2) is 13.5. The number of nitrogens with two attached hydrogens (primary N) is 1. The SMILES string of the molecule is CC(C)c1ccc(C(=O)c2cc3c(cc2[N+](=O)[O-])OCO3)cc1.CCCCc1ccc(C(=O)c2cc3c(cc2N)OCO3)cc1. The molecule has 0 aliphatic carbocycles. The number of fused-ring (bicyclic) bond motifs is 2. The van der Waals surface area contributed by atoms with E-state index in [1.807, 2.05) is 36.4 Å². The van der Waals surface area contributed by atoms with Gasteiger partial charge in [-0.1, -0.05) is 75.7 Å². The van der Waals surface area contributed by atoms with E-state index in [1.54, 1.807) is 24.3 Å². The van der Waals surface area contributed by atoms with Crippen LogP contribution in [0, 0.1) is 10.1 Å². The van der Waals surface area contributed by atoms with Crippen LogP contribution in [-0.2, 0) is 6.42 Å². The van der Waals surface area contributed by atoms with Crippen molar-refractivity contribution in [2.45, 2.75) is 46.0 Å². The van der Waals surface area contributed by atoms with E-state index in [1.165, 1.54) is 17.7 Å². The highest BCUT2D eigenvalue weighted by atomic mass is 16.7. The molecule has 0 atom stereocenters. The maximum absolute atomic E-state index is 12.7. The molecule has 4 aromatic rings. The zero-order chi connectivity index (χ0) is 32.1. The number of aryl methyl sites for hydroxylation is 1. The van der Waals surface area contributed by atoms with Crippen molar-refractivity contribution in [3.63, 3.8) is 0 Å². The van der Waals surface area contributed by atoms with Crippen LogP contribution in [0.15, 0.2) is 72.8 Å². The summed E-state index contributed by atoms with van der Waals surface area (Å²) >= 11 is 0. The predicted molar refractivity (Wildman–Crippen MR) is 169 cm³/mol. The average Bonchev–Trinajstić information content (AvgIpc) is 3.71. The van der Waals surface area contributed by atoms with E-state index in [-0.39, 0.29) is 36.4 Å². The van der Waals surface area contributed by atoms with Crippen LogP contribution in [-0.4, -0.2) is 30.1 Å². The Kier molecular flexibility index (Phi) is 9.32. The molecule has 2 N–H and O–H groups in total. The summed E-state index contributed by atoms with van der Waals surface area (Å²) in [5.74, 6) is 1.62. The normalized spacial score (nSPS) is 12.4. The predicted octanol–water partition coefficient (Wildman–Crippen LogP) is 7.25. The summed E-state index contributed by atoms with van der Waals surface area (Å²) < 4.78 is 20.9. The third-order valence-corrected chi connectivity index (χ3v) is 7.60. The Labute approximate surface area is 260 Å². The summed E-state index contributed by atoms with van der Waals surface area (Å²) in [6.45, 7) is 6.44. The molecule has 10 nitrogen and oxygen atoms in total. The summed E-state index contributed by atoms with van der Waals surface area (Å²) in [6, 6.07) is 20.7. The number of nitrogen functional groups attached to an aromatic ring is 1. The van der Waals surface area contributed by atoms with Gasteiger partial charge < -0.3 is 24.7 Å². The first-order valence-corrected chi connectivity index (χ1v) is 14.7. The number of ketones is 2. The first-order chi connectivity index (χ1) is 21.7. The van der Waals surface area contributed by atoms with Crippen molar-refractivity contribution in [1.29, 1.82) is 0 Å². The number of anilines is 1. The molecule has 10 heteroatoms. The van der Waals surface area contributed by atoms with Crippen LogP contribution < -0.4 is 24.7 Å². The fourth-order valence-corrected chi connectivity index (χ4v) is 4.95. The molecule has 0 saturated heterocycles. The van der Waals surface area contributed by atoms with Crippen molar-refractivity contribution in [3.8, 4) is 23.0 Å². The van der Waals surface area contributed by atoms with E-state index in [0.717, 1.165) is 24.8 Å². The summed E-state index contributed by atoms with van der Waals surface area (Å²) in [5, 5.41) is 11.3. The molecular formula is C35H34N2O8. The van der Waals surface area contributed by atoms with Gasteiger partial charge >= 0.3 is 0 Å². The number of ether oxygens (including phenoxy) is 4. The van der Waals surface area contributed by atoms with Gasteiger partial charge in [-0.05, 0) is 36.0 Å². The van der Waals surface area contributed by atoms with Gasteiger partial charge in [-0.15, -0.1) is 0 Å². The summed E-state index contributed by atoms with van der Waals surface area (Å²) in [7, 11) is 0. The fourth-order valence-electron chi connectivity index (χ4n) is 4.95. The highest BCUT2D eigenvalue weighted by Crippen LogP contribution is 2.39. The van der Waals surface area contributed by atoms with Crippen molar-refractivity contribution >= 4 is 22.9 Å². The lowest BCUT2D eigenvalue weighted by molar-refractivity contribution is -0.385. The molecule has 2 heterocycles. The largest absolute Gasteiger partial charge is 0.454 e. The molecule has 0 bridgehead atoms. The van der Waals surface area contributed by atoms with Crippen LogP contribution in [0.1, 0.15) is 82.5 Å². The number of nitro groups is 1. The Hall–Kier alpha value is -5.38. The third-order valence-electron chi connectivity index (χ3n) is 7.60. The Morgan fingerprint density at radius 2 is 1.27 bits per heavy atom.